The molecule has 0 spiro atoms. The van der Waals surface area contributed by atoms with E-state index in [0.717, 1.165) is 24.6 Å². The minimum atomic E-state index is -2.79. The highest BCUT2D eigenvalue weighted by Crippen LogP contribution is 2.15. The summed E-state index contributed by atoms with van der Waals surface area (Å²) < 4.78 is 28.2. The van der Waals surface area contributed by atoms with Crippen molar-refractivity contribution in [3.8, 4) is 5.75 Å². The molecule has 0 fully saturated rings. The summed E-state index contributed by atoms with van der Waals surface area (Å²) in [6, 6.07) is 6.46. The summed E-state index contributed by atoms with van der Waals surface area (Å²) in [6.07, 6.45) is 0. The fourth-order valence-corrected chi connectivity index (χ4v) is 1.46. The van der Waals surface area contributed by atoms with Crippen LogP contribution in [0.3, 0.4) is 0 Å². The summed E-state index contributed by atoms with van der Waals surface area (Å²) >= 11 is 0. The number of alkyl halides is 2. The van der Waals surface area contributed by atoms with Crippen molar-refractivity contribution in [3.63, 3.8) is 0 Å². The number of guanidine groups is 1. The molecule has 0 atom stereocenters. The number of nitrogens with one attached hydrogen (secondary N) is 2. The van der Waals surface area contributed by atoms with Crippen LogP contribution in [0.25, 0.3) is 0 Å². The van der Waals surface area contributed by atoms with Gasteiger partial charge in [0.1, 0.15) is 5.75 Å². The van der Waals surface area contributed by atoms with Gasteiger partial charge in [0.15, 0.2) is 5.96 Å². The van der Waals surface area contributed by atoms with Gasteiger partial charge in [-0.3, -0.25) is 0 Å². The van der Waals surface area contributed by atoms with Gasteiger partial charge in [-0.15, -0.1) is 0 Å². The summed E-state index contributed by atoms with van der Waals surface area (Å²) in [5.74, 6) is 0.888. The molecule has 106 valence electrons. The molecular formula is C13H19F2N3O. The lowest BCUT2D eigenvalue weighted by atomic mass is 10.2. The Hall–Kier alpha value is -1.85. The Morgan fingerprint density at radius 1 is 1.16 bits per heavy atom. The molecule has 19 heavy (non-hydrogen) atoms. The second-order valence-corrected chi connectivity index (χ2v) is 3.75. The van der Waals surface area contributed by atoms with Gasteiger partial charge >= 0.3 is 6.61 Å². The molecule has 0 aliphatic carbocycles. The fourth-order valence-electron chi connectivity index (χ4n) is 1.46. The highest BCUT2D eigenvalue weighted by atomic mass is 19.3. The predicted molar refractivity (Wildman–Crippen MR) is 71.6 cm³/mol. The van der Waals surface area contributed by atoms with Crippen LogP contribution in [-0.4, -0.2) is 25.7 Å². The van der Waals surface area contributed by atoms with E-state index in [1.165, 1.54) is 12.1 Å². The lowest BCUT2D eigenvalue weighted by Gasteiger charge is -2.09. The van der Waals surface area contributed by atoms with E-state index < -0.39 is 6.61 Å². The smallest absolute Gasteiger partial charge is 0.387 e. The lowest BCUT2D eigenvalue weighted by Crippen LogP contribution is -2.36. The first-order valence-electron chi connectivity index (χ1n) is 6.21. The number of nitrogens with zero attached hydrogens (tertiary/aromatic N) is 1. The Bertz CT molecular complexity index is 385. The van der Waals surface area contributed by atoms with Crippen molar-refractivity contribution in [1.82, 2.24) is 10.6 Å². The van der Waals surface area contributed by atoms with Crippen LogP contribution in [0.5, 0.6) is 5.75 Å². The van der Waals surface area contributed by atoms with Crippen LogP contribution in [0, 0.1) is 0 Å². The zero-order valence-electron chi connectivity index (χ0n) is 11.1. The van der Waals surface area contributed by atoms with Gasteiger partial charge in [-0.05, 0) is 31.5 Å². The van der Waals surface area contributed by atoms with E-state index in [0.29, 0.717) is 6.54 Å². The van der Waals surface area contributed by atoms with Crippen LogP contribution < -0.4 is 15.4 Å². The molecule has 0 unspecified atom stereocenters. The van der Waals surface area contributed by atoms with Crippen LogP contribution in [0.2, 0.25) is 0 Å². The fraction of sp³-hybridized carbons (Fsp3) is 0.462. The highest BCUT2D eigenvalue weighted by molar-refractivity contribution is 5.79. The Balaban J connectivity index is 2.58. The summed E-state index contributed by atoms with van der Waals surface area (Å²) in [6.45, 7) is 3.23. The topological polar surface area (TPSA) is 45.7 Å². The SMILES string of the molecule is CCNC(=NCc1ccc(OC(F)F)cc1)NCC. The number of ether oxygens (including phenoxy) is 1. The van der Waals surface area contributed by atoms with Crippen molar-refractivity contribution in [2.24, 2.45) is 4.99 Å². The normalized spacial score (nSPS) is 10.2. The zero-order chi connectivity index (χ0) is 14.1. The van der Waals surface area contributed by atoms with E-state index in [2.05, 4.69) is 20.4 Å². The summed E-state index contributed by atoms with van der Waals surface area (Å²) in [5, 5.41) is 6.21. The molecule has 0 saturated carbocycles. The standard InChI is InChI=1S/C13H19F2N3O/c1-3-16-13(17-4-2)18-9-10-5-7-11(8-6-10)19-12(14)15/h5-8,12H,3-4,9H2,1-2H3,(H2,16,17,18). The number of hydrogen-bond acceptors (Lipinski definition) is 2. The Kier molecular flexibility index (Phi) is 6.63. The van der Waals surface area contributed by atoms with Gasteiger partial charge in [-0.25, -0.2) is 4.99 Å². The van der Waals surface area contributed by atoms with Crippen LogP contribution in [0.15, 0.2) is 29.3 Å². The van der Waals surface area contributed by atoms with E-state index >= 15 is 0 Å². The highest BCUT2D eigenvalue weighted by Gasteiger charge is 2.03. The van der Waals surface area contributed by atoms with Crippen LogP contribution >= 0.6 is 0 Å². The van der Waals surface area contributed by atoms with Crippen molar-refractivity contribution in [2.45, 2.75) is 27.0 Å². The molecule has 4 nitrogen and oxygen atoms in total. The number of rotatable bonds is 6. The number of hydrogen-bond donors (Lipinski definition) is 2. The average molecular weight is 271 g/mol. The number of aliphatic imine (C=N–C) groups is 1. The largest absolute Gasteiger partial charge is 0.435 e. The Labute approximate surface area is 111 Å². The molecule has 0 heterocycles. The molecule has 1 rings (SSSR count). The minimum Gasteiger partial charge on any atom is -0.435 e. The van der Waals surface area contributed by atoms with Gasteiger partial charge < -0.3 is 15.4 Å². The number of benzene rings is 1. The monoisotopic (exact) mass is 271 g/mol. The molecule has 2 N–H and O–H groups in total. The molecule has 1 aromatic rings. The first-order chi connectivity index (χ1) is 9.15. The quantitative estimate of drug-likeness (QED) is 0.617. The molecule has 0 saturated heterocycles. The van der Waals surface area contributed by atoms with Crippen molar-refractivity contribution >= 4 is 5.96 Å². The van der Waals surface area contributed by atoms with Crippen LogP contribution in [0.4, 0.5) is 8.78 Å². The third kappa shape index (κ3) is 6.03. The first-order valence-corrected chi connectivity index (χ1v) is 6.21. The maximum atomic E-state index is 12.0. The second kappa shape index (κ2) is 8.29. The summed E-state index contributed by atoms with van der Waals surface area (Å²) in [5.41, 5.74) is 0.926. The molecule has 0 radical (unpaired) electrons. The maximum Gasteiger partial charge on any atom is 0.387 e. The molecule has 0 amide bonds. The van der Waals surface area contributed by atoms with Crippen molar-refractivity contribution < 1.29 is 13.5 Å². The third-order valence-electron chi connectivity index (χ3n) is 2.26. The Morgan fingerprint density at radius 2 is 1.74 bits per heavy atom. The molecule has 0 bridgehead atoms. The van der Waals surface area contributed by atoms with Gasteiger partial charge in [-0.2, -0.15) is 8.78 Å². The first kappa shape index (κ1) is 15.2. The zero-order valence-corrected chi connectivity index (χ0v) is 11.1. The third-order valence-corrected chi connectivity index (χ3v) is 2.26. The van der Waals surface area contributed by atoms with Gasteiger partial charge in [0.25, 0.3) is 0 Å². The molecule has 1 aromatic carbocycles. The van der Waals surface area contributed by atoms with E-state index in [-0.39, 0.29) is 5.75 Å². The maximum absolute atomic E-state index is 12.0. The van der Waals surface area contributed by atoms with Gasteiger partial charge in [0, 0.05) is 13.1 Å². The molecule has 0 aliphatic rings. The van der Waals surface area contributed by atoms with Crippen LogP contribution in [0.1, 0.15) is 19.4 Å². The van der Waals surface area contributed by atoms with Crippen molar-refractivity contribution in [3.05, 3.63) is 29.8 Å². The van der Waals surface area contributed by atoms with Gasteiger partial charge in [-0.1, -0.05) is 12.1 Å². The summed E-state index contributed by atoms with van der Waals surface area (Å²) in [7, 11) is 0. The van der Waals surface area contributed by atoms with E-state index in [9.17, 15) is 8.78 Å². The summed E-state index contributed by atoms with van der Waals surface area (Å²) in [4.78, 5) is 4.37. The molecule has 6 heteroatoms. The minimum absolute atomic E-state index is 0.154. The second-order valence-electron chi connectivity index (χ2n) is 3.75. The average Bonchev–Trinajstić information content (AvgIpc) is 2.37. The van der Waals surface area contributed by atoms with Crippen LogP contribution in [-0.2, 0) is 6.54 Å². The van der Waals surface area contributed by atoms with E-state index in [1.807, 2.05) is 13.8 Å². The predicted octanol–water partition coefficient (Wildman–Crippen LogP) is 2.36. The lowest BCUT2D eigenvalue weighted by molar-refractivity contribution is -0.0498. The molecular weight excluding hydrogens is 252 g/mol. The van der Waals surface area contributed by atoms with Gasteiger partial charge in [0.2, 0.25) is 0 Å². The van der Waals surface area contributed by atoms with E-state index in [4.69, 9.17) is 0 Å². The van der Waals surface area contributed by atoms with Crippen molar-refractivity contribution in [2.75, 3.05) is 13.1 Å². The Morgan fingerprint density at radius 3 is 2.21 bits per heavy atom. The van der Waals surface area contributed by atoms with E-state index in [1.54, 1.807) is 12.1 Å². The van der Waals surface area contributed by atoms with Gasteiger partial charge in [0.05, 0.1) is 6.54 Å². The molecule has 0 aromatic heterocycles. The van der Waals surface area contributed by atoms with Crippen molar-refractivity contribution in [1.29, 1.82) is 0 Å². The number of halogens is 2. The molecule has 0 aliphatic heterocycles.